The summed E-state index contributed by atoms with van der Waals surface area (Å²) in [5.74, 6) is -1.63. The van der Waals surface area contributed by atoms with Crippen LogP contribution in [0.1, 0.15) is 6.92 Å². The molecule has 0 fully saturated rings. The zero-order valence-corrected chi connectivity index (χ0v) is 15.1. The first-order chi connectivity index (χ1) is 12.8. The monoisotopic (exact) mass is 370 g/mol. The molecule has 7 nitrogen and oxygen atoms in total. The molecule has 1 atom stereocenters. The zero-order valence-electron chi connectivity index (χ0n) is 15.1. The van der Waals surface area contributed by atoms with Crippen LogP contribution in [0, 0.1) is 0 Å². The zero-order chi connectivity index (χ0) is 20.0. The molecular formula is C20H22N2O5. The molecule has 4 N–H and O–H groups in total. The van der Waals surface area contributed by atoms with E-state index < -0.39 is 11.9 Å². The smallest absolute Gasteiger partial charge is 0.328 e. The highest BCUT2D eigenvalue weighted by atomic mass is 16.5. The third-order valence-corrected chi connectivity index (χ3v) is 3.81. The van der Waals surface area contributed by atoms with E-state index in [2.05, 4.69) is 41.1 Å². The van der Waals surface area contributed by atoms with Gasteiger partial charge in [-0.15, -0.1) is 0 Å². The second-order valence-electron chi connectivity index (χ2n) is 6.05. The van der Waals surface area contributed by atoms with Crippen LogP contribution in [0.3, 0.4) is 0 Å². The van der Waals surface area contributed by atoms with E-state index in [4.69, 9.17) is 20.7 Å². The Morgan fingerprint density at radius 1 is 1.11 bits per heavy atom. The van der Waals surface area contributed by atoms with Crippen LogP contribution in [0.25, 0.3) is 21.7 Å². The summed E-state index contributed by atoms with van der Waals surface area (Å²) in [6, 6.07) is 12.8. The van der Waals surface area contributed by atoms with Crippen LogP contribution in [0.4, 0.5) is 0 Å². The molecule has 0 aliphatic carbocycles. The first kappa shape index (κ1) is 20.0. The fourth-order valence-corrected chi connectivity index (χ4v) is 2.73. The van der Waals surface area contributed by atoms with Crippen LogP contribution >= 0.6 is 0 Å². The third-order valence-electron chi connectivity index (χ3n) is 3.81. The number of methoxy groups -OCH3 is 1. The molecule has 1 aromatic heterocycles. The van der Waals surface area contributed by atoms with Crippen molar-refractivity contribution in [1.82, 2.24) is 4.57 Å². The number of benzene rings is 2. The Morgan fingerprint density at radius 3 is 2.26 bits per heavy atom. The number of nitrogens with two attached hydrogens (primary N) is 1. The fourth-order valence-electron chi connectivity index (χ4n) is 2.73. The largest absolute Gasteiger partial charge is 0.497 e. The second-order valence-corrected chi connectivity index (χ2v) is 6.05. The summed E-state index contributed by atoms with van der Waals surface area (Å²) in [6.45, 7) is 2.84. The Hall–Kier alpha value is -3.32. The summed E-state index contributed by atoms with van der Waals surface area (Å²) in [7, 11) is 1.70. The number of nitrogens with zero attached hydrogens (tertiary/aromatic N) is 1. The lowest BCUT2D eigenvalue weighted by Gasteiger charge is -2.11. The number of aliphatic carboxylic acids is 2. The van der Waals surface area contributed by atoms with Crippen molar-refractivity contribution < 1.29 is 24.5 Å². The summed E-state index contributed by atoms with van der Waals surface area (Å²) in [5, 5.41) is 19.3. The van der Waals surface area contributed by atoms with Crippen molar-refractivity contribution in [2.24, 2.45) is 5.73 Å². The molecule has 0 saturated carbocycles. The van der Waals surface area contributed by atoms with Crippen molar-refractivity contribution in [2.75, 3.05) is 7.11 Å². The summed E-state index contributed by atoms with van der Waals surface area (Å²) >= 11 is 0. The first-order valence-electron chi connectivity index (χ1n) is 8.27. The maximum Gasteiger partial charge on any atom is 0.328 e. The quantitative estimate of drug-likeness (QED) is 0.595. The molecule has 0 aliphatic rings. The molecule has 0 saturated heterocycles. The van der Waals surface area contributed by atoms with Crippen molar-refractivity contribution in [3.05, 3.63) is 54.7 Å². The third kappa shape index (κ3) is 5.32. The van der Waals surface area contributed by atoms with Gasteiger partial charge in [-0.25, -0.2) is 9.59 Å². The summed E-state index contributed by atoms with van der Waals surface area (Å²) in [5.41, 5.74) is 7.16. The molecule has 1 heterocycles. The normalized spacial score (nSPS) is 12.0. The Kier molecular flexibility index (Phi) is 6.56. The first-order valence-corrected chi connectivity index (χ1v) is 8.27. The summed E-state index contributed by atoms with van der Waals surface area (Å²) in [6.07, 6.45) is 3.22. The summed E-state index contributed by atoms with van der Waals surface area (Å²) in [4.78, 5) is 19.1. The highest BCUT2D eigenvalue weighted by molar-refractivity contribution is 6.06. The molecule has 0 radical (unpaired) electrons. The molecule has 0 amide bonds. The minimum Gasteiger partial charge on any atom is -0.497 e. The van der Waals surface area contributed by atoms with Gasteiger partial charge in [0.25, 0.3) is 0 Å². The molecule has 0 spiro atoms. The average Bonchev–Trinajstić information content (AvgIpc) is 3.02. The van der Waals surface area contributed by atoms with Crippen molar-refractivity contribution in [3.8, 4) is 5.75 Å². The Labute approximate surface area is 156 Å². The standard InChI is InChI=1S/C16H18N2O.C4H4O4/c1-11(17)10-18-8-7-13-4-3-12-5-6-14(19-2)9-15(12)16(13)18;5-3(6)1-2-4(7)8/h3-9,11H,10,17H2,1-2H3;1-2H,(H,5,6)(H,7,8)/t11-;/m0./s1. The highest BCUT2D eigenvalue weighted by Crippen LogP contribution is 2.29. The highest BCUT2D eigenvalue weighted by Gasteiger charge is 2.08. The minimum absolute atomic E-state index is 0.136. The molecular weight excluding hydrogens is 348 g/mol. The Balaban J connectivity index is 0.000000279. The van der Waals surface area contributed by atoms with Crippen LogP contribution in [0.2, 0.25) is 0 Å². The molecule has 7 heteroatoms. The maximum atomic E-state index is 9.55. The lowest BCUT2D eigenvalue weighted by molar-refractivity contribution is -0.134. The maximum absolute atomic E-state index is 9.55. The van der Waals surface area contributed by atoms with E-state index in [1.807, 2.05) is 13.0 Å². The van der Waals surface area contributed by atoms with Gasteiger partial charge in [-0.1, -0.05) is 18.2 Å². The van der Waals surface area contributed by atoms with Gasteiger partial charge in [0.15, 0.2) is 0 Å². The van der Waals surface area contributed by atoms with Gasteiger partial charge in [0.1, 0.15) is 5.75 Å². The number of rotatable bonds is 5. The van der Waals surface area contributed by atoms with E-state index in [0.717, 1.165) is 12.3 Å². The molecule has 142 valence electrons. The predicted octanol–water partition coefficient (Wildman–Crippen LogP) is 2.86. The molecule has 0 bridgehead atoms. The van der Waals surface area contributed by atoms with Gasteiger partial charge in [0, 0.05) is 41.7 Å². The van der Waals surface area contributed by atoms with Gasteiger partial charge in [-0.05, 0) is 30.5 Å². The van der Waals surface area contributed by atoms with Crippen molar-refractivity contribution in [3.63, 3.8) is 0 Å². The lowest BCUT2D eigenvalue weighted by Crippen LogP contribution is -2.21. The predicted molar refractivity (Wildman–Crippen MR) is 104 cm³/mol. The van der Waals surface area contributed by atoms with Crippen LogP contribution in [-0.2, 0) is 16.1 Å². The van der Waals surface area contributed by atoms with E-state index in [-0.39, 0.29) is 6.04 Å². The number of carboxylic acids is 2. The van der Waals surface area contributed by atoms with E-state index in [0.29, 0.717) is 12.2 Å². The van der Waals surface area contributed by atoms with Gasteiger partial charge in [-0.2, -0.15) is 0 Å². The van der Waals surface area contributed by atoms with Gasteiger partial charge >= 0.3 is 11.9 Å². The number of ether oxygens (including phenoxy) is 1. The Bertz CT molecular complexity index is 973. The molecule has 2 aromatic carbocycles. The lowest BCUT2D eigenvalue weighted by atomic mass is 10.1. The van der Waals surface area contributed by atoms with E-state index >= 15 is 0 Å². The molecule has 3 aromatic rings. The van der Waals surface area contributed by atoms with Crippen molar-refractivity contribution in [1.29, 1.82) is 0 Å². The van der Waals surface area contributed by atoms with Crippen LogP contribution in [0.5, 0.6) is 5.75 Å². The minimum atomic E-state index is -1.26. The molecule has 0 unspecified atom stereocenters. The number of aromatic nitrogens is 1. The fraction of sp³-hybridized carbons (Fsp3) is 0.200. The SMILES string of the molecule is COc1ccc2ccc3ccn(C[C@H](C)N)c3c2c1.O=C(O)C=CC(=O)O. The van der Waals surface area contributed by atoms with Gasteiger partial charge in [-0.3, -0.25) is 0 Å². The number of hydrogen-bond donors (Lipinski definition) is 3. The van der Waals surface area contributed by atoms with E-state index in [1.54, 1.807) is 7.11 Å². The van der Waals surface area contributed by atoms with Gasteiger partial charge < -0.3 is 25.3 Å². The number of carbonyl (C=O) groups is 2. The number of fused-ring (bicyclic) bond motifs is 3. The summed E-state index contributed by atoms with van der Waals surface area (Å²) < 4.78 is 7.56. The van der Waals surface area contributed by atoms with E-state index in [1.165, 1.54) is 21.7 Å². The van der Waals surface area contributed by atoms with Crippen LogP contribution in [0.15, 0.2) is 54.7 Å². The van der Waals surface area contributed by atoms with Gasteiger partial charge in [0.2, 0.25) is 0 Å². The van der Waals surface area contributed by atoms with Crippen molar-refractivity contribution in [2.45, 2.75) is 19.5 Å². The second kappa shape index (κ2) is 8.86. The molecule has 27 heavy (non-hydrogen) atoms. The number of carboxylic acid groups (broad SMARTS) is 2. The van der Waals surface area contributed by atoms with Crippen molar-refractivity contribution >= 4 is 33.6 Å². The van der Waals surface area contributed by atoms with E-state index in [9.17, 15) is 9.59 Å². The van der Waals surface area contributed by atoms with Gasteiger partial charge in [0.05, 0.1) is 12.6 Å². The van der Waals surface area contributed by atoms with Crippen LogP contribution in [-0.4, -0.2) is 39.9 Å². The number of hydrogen-bond acceptors (Lipinski definition) is 4. The molecule has 3 rings (SSSR count). The average molecular weight is 370 g/mol. The topological polar surface area (TPSA) is 115 Å². The molecule has 0 aliphatic heterocycles. The van der Waals surface area contributed by atoms with Crippen LogP contribution < -0.4 is 10.5 Å². The Morgan fingerprint density at radius 2 is 1.70 bits per heavy atom.